The van der Waals surface area contributed by atoms with Crippen molar-refractivity contribution in [1.29, 1.82) is 0 Å². The van der Waals surface area contributed by atoms with Crippen LogP contribution in [0.25, 0.3) is 10.4 Å². The van der Waals surface area contributed by atoms with Gasteiger partial charge in [-0.05, 0) is 24.4 Å². The molecular weight excluding hydrogens is 238 g/mol. The van der Waals surface area contributed by atoms with E-state index in [-0.39, 0.29) is 5.69 Å². The van der Waals surface area contributed by atoms with Gasteiger partial charge < -0.3 is 4.74 Å². The molecule has 4 nitrogen and oxygen atoms in total. The lowest BCUT2D eigenvalue weighted by molar-refractivity contribution is -0.384. The highest BCUT2D eigenvalue weighted by molar-refractivity contribution is 7.13. The van der Waals surface area contributed by atoms with E-state index in [2.05, 4.69) is 0 Å². The molecule has 17 heavy (non-hydrogen) atoms. The maximum absolute atomic E-state index is 10.8. The number of thiophene rings is 1. The molecule has 2 rings (SSSR count). The minimum atomic E-state index is -0.396. The molecule has 2 aromatic rings. The first kappa shape index (κ1) is 11.6. The summed E-state index contributed by atoms with van der Waals surface area (Å²) in [6, 6.07) is 8.50. The largest absolute Gasteiger partial charge is 0.493 e. The summed E-state index contributed by atoms with van der Waals surface area (Å²) < 4.78 is 5.48. The van der Waals surface area contributed by atoms with Crippen LogP contribution in [0.5, 0.6) is 5.75 Å². The van der Waals surface area contributed by atoms with Crippen LogP contribution in [-0.2, 0) is 0 Å². The summed E-state index contributed by atoms with van der Waals surface area (Å²) in [5.41, 5.74) is 0.855. The van der Waals surface area contributed by atoms with Crippen molar-refractivity contribution in [2.75, 3.05) is 6.61 Å². The van der Waals surface area contributed by atoms with Crippen molar-refractivity contribution in [2.24, 2.45) is 0 Å². The fraction of sp³-hybridized carbons (Fsp3) is 0.167. The Balaban J connectivity index is 2.51. The Morgan fingerprint density at radius 2 is 2.24 bits per heavy atom. The number of rotatable bonds is 4. The van der Waals surface area contributed by atoms with Gasteiger partial charge in [0.25, 0.3) is 5.69 Å². The first-order valence-corrected chi connectivity index (χ1v) is 6.05. The molecular formula is C12H11NO3S. The van der Waals surface area contributed by atoms with Crippen molar-refractivity contribution in [3.05, 3.63) is 45.8 Å². The second-order valence-electron chi connectivity index (χ2n) is 3.35. The predicted molar refractivity (Wildman–Crippen MR) is 67.6 cm³/mol. The van der Waals surface area contributed by atoms with Crippen LogP contribution >= 0.6 is 11.3 Å². The zero-order chi connectivity index (χ0) is 12.3. The van der Waals surface area contributed by atoms with E-state index in [4.69, 9.17) is 4.74 Å². The van der Waals surface area contributed by atoms with Crippen LogP contribution in [0.4, 0.5) is 5.69 Å². The summed E-state index contributed by atoms with van der Waals surface area (Å²) >= 11 is 1.53. The predicted octanol–water partition coefficient (Wildman–Crippen LogP) is 3.72. The molecule has 0 fully saturated rings. The molecule has 0 atom stereocenters. The van der Waals surface area contributed by atoms with Gasteiger partial charge in [0.2, 0.25) is 0 Å². The minimum Gasteiger partial charge on any atom is -0.493 e. The Morgan fingerprint density at radius 3 is 2.82 bits per heavy atom. The van der Waals surface area contributed by atoms with Gasteiger partial charge in [0.1, 0.15) is 5.75 Å². The van der Waals surface area contributed by atoms with Gasteiger partial charge >= 0.3 is 0 Å². The third-order valence-corrected chi connectivity index (χ3v) is 3.16. The van der Waals surface area contributed by atoms with Gasteiger partial charge in [0, 0.05) is 22.6 Å². The maximum Gasteiger partial charge on any atom is 0.270 e. The minimum absolute atomic E-state index is 0.0804. The van der Waals surface area contributed by atoms with Gasteiger partial charge in [-0.2, -0.15) is 0 Å². The molecule has 0 saturated heterocycles. The summed E-state index contributed by atoms with van der Waals surface area (Å²) in [5, 5.41) is 12.7. The molecule has 1 aromatic carbocycles. The maximum atomic E-state index is 10.8. The molecule has 0 amide bonds. The molecule has 0 bridgehead atoms. The Hall–Kier alpha value is -1.88. The number of benzene rings is 1. The van der Waals surface area contributed by atoms with Crippen molar-refractivity contribution >= 4 is 17.0 Å². The lowest BCUT2D eigenvalue weighted by Crippen LogP contribution is -1.95. The first-order valence-electron chi connectivity index (χ1n) is 5.17. The van der Waals surface area contributed by atoms with Crippen LogP contribution in [0.1, 0.15) is 6.92 Å². The van der Waals surface area contributed by atoms with Crippen molar-refractivity contribution in [2.45, 2.75) is 6.92 Å². The summed E-state index contributed by atoms with van der Waals surface area (Å²) in [6.07, 6.45) is 0. The van der Waals surface area contributed by atoms with E-state index in [1.807, 2.05) is 24.4 Å². The van der Waals surface area contributed by atoms with Gasteiger partial charge in [0.15, 0.2) is 0 Å². The van der Waals surface area contributed by atoms with Crippen LogP contribution in [0.3, 0.4) is 0 Å². The molecule has 1 heterocycles. The number of nitro benzene ring substituents is 1. The highest BCUT2D eigenvalue weighted by atomic mass is 32.1. The highest BCUT2D eigenvalue weighted by Crippen LogP contribution is 2.35. The van der Waals surface area contributed by atoms with Gasteiger partial charge in [-0.15, -0.1) is 11.3 Å². The molecule has 0 radical (unpaired) electrons. The molecule has 0 aliphatic heterocycles. The molecule has 5 heteroatoms. The van der Waals surface area contributed by atoms with E-state index in [0.29, 0.717) is 12.4 Å². The van der Waals surface area contributed by atoms with Crippen molar-refractivity contribution in [1.82, 2.24) is 0 Å². The van der Waals surface area contributed by atoms with E-state index in [0.717, 1.165) is 10.4 Å². The Morgan fingerprint density at radius 1 is 1.41 bits per heavy atom. The average Bonchev–Trinajstić information content (AvgIpc) is 2.83. The second kappa shape index (κ2) is 4.97. The Bertz CT molecular complexity index is 523. The quantitative estimate of drug-likeness (QED) is 0.613. The van der Waals surface area contributed by atoms with Gasteiger partial charge in [-0.3, -0.25) is 10.1 Å². The van der Waals surface area contributed by atoms with Crippen molar-refractivity contribution < 1.29 is 9.66 Å². The van der Waals surface area contributed by atoms with E-state index in [9.17, 15) is 10.1 Å². The van der Waals surface area contributed by atoms with Crippen LogP contribution < -0.4 is 4.74 Å². The molecule has 0 aliphatic rings. The second-order valence-corrected chi connectivity index (χ2v) is 4.30. The lowest BCUT2D eigenvalue weighted by atomic mass is 10.1. The number of nitro groups is 1. The highest BCUT2D eigenvalue weighted by Gasteiger charge is 2.13. The van der Waals surface area contributed by atoms with Crippen LogP contribution in [0.2, 0.25) is 0 Å². The number of nitrogens with zero attached hydrogens (tertiary/aromatic N) is 1. The molecule has 0 saturated carbocycles. The monoisotopic (exact) mass is 249 g/mol. The SMILES string of the molecule is CCOc1ccc([N+](=O)[O-])cc1-c1cccs1. The van der Waals surface area contributed by atoms with Gasteiger partial charge in [-0.25, -0.2) is 0 Å². The summed E-state index contributed by atoms with van der Waals surface area (Å²) in [4.78, 5) is 11.3. The van der Waals surface area contributed by atoms with Crippen molar-refractivity contribution in [3.8, 4) is 16.2 Å². The molecule has 1 aromatic heterocycles. The van der Waals surface area contributed by atoms with Crippen LogP contribution in [0, 0.1) is 10.1 Å². The average molecular weight is 249 g/mol. The standard InChI is InChI=1S/C12H11NO3S/c1-2-16-11-6-5-9(13(14)15)8-10(11)12-4-3-7-17-12/h3-8H,2H2,1H3. The van der Waals surface area contributed by atoms with E-state index < -0.39 is 4.92 Å². The third kappa shape index (κ3) is 2.45. The van der Waals surface area contributed by atoms with Crippen LogP contribution in [-0.4, -0.2) is 11.5 Å². The summed E-state index contributed by atoms with van der Waals surface area (Å²) in [6.45, 7) is 2.43. The first-order chi connectivity index (χ1) is 8.22. The molecule has 0 aliphatic carbocycles. The number of ether oxygens (including phenoxy) is 1. The zero-order valence-electron chi connectivity index (χ0n) is 9.25. The number of hydrogen-bond acceptors (Lipinski definition) is 4. The van der Waals surface area contributed by atoms with Crippen LogP contribution in [0.15, 0.2) is 35.7 Å². The molecule has 88 valence electrons. The summed E-state index contributed by atoms with van der Waals surface area (Å²) in [5.74, 6) is 0.681. The third-order valence-electron chi connectivity index (χ3n) is 2.26. The smallest absolute Gasteiger partial charge is 0.270 e. The van der Waals surface area contributed by atoms with E-state index >= 15 is 0 Å². The topological polar surface area (TPSA) is 52.4 Å². The molecule has 0 N–H and O–H groups in total. The summed E-state index contributed by atoms with van der Waals surface area (Å²) in [7, 11) is 0. The molecule has 0 spiro atoms. The van der Waals surface area contributed by atoms with E-state index in [1.54, 1.807) is 12.1 Å². The van der Waals surface area contributed by atoms with Gasteiger partial charge in [-0.1, -0.05) is 6.07 Å². The fourth-order valence-electron chi connectivity index (χ4n) is 1.54. The van der Waals surface area contributed by atoms with Crippen molar-refractivity contribution in [3.63, 3.8) is 0 Å². The number of non-ortho nitro benzene ring substituents is 1. The fourth-order valence-corrected chi connectivity index (χ4v) is 2.28. The van der Waals surface area contributed by atoms with E-state index in [1.165, 1.54) is 17.4 Å². The Labute approximate surface area is 103 Å². The normalized spacial score (nSPS) is 10.2. The lowest BCUT2D eigenvalue weighted by Gasteiger charge is -2.08. The zero-order valence-corrected chi connectivity index (χ0v) is 10.1. The number of hydrogen-bond donors (Lipinski definition) is 0. The Kier molecular flexibility index (Phi) is 3.39. The molecule has 0 unspecified atom stereocenters. The van der Waals surface area contributed by atoms with Gasteiger partial charge in [0.05, 0.1) is 11.5 Å².